The third-order valence-electron chi connectivity index (χ3n) is 2.56. The van der Waals surface area contributed by atoms with Crippen molar-refractivity contribution < 1.29 is 28.6 Å². The molecule has 124 valence electrons. The van der Waals surface area contributed by atoms with E-state index < -0.39 is 24.4 Å². The lowest BCUT2D eigenvalue weighted by Gasteiger charge is -2.09. The van der Waals surface area contributed by atoms with Gasteiger partial charge in [0.1, 0.15) is 0 Å². The van der Waals surface area contributed by atoms with Gasteiger partial charge in [0, 0.05) is 18.6 Å². The molecule has 0 unspecified atom stereocenters. The molecule has 1 rings (SSSR count). The molecule has 8 nitrogen and oxygen atoms in total. The summed E-state index contributed by atoms with van der Waals surface area (Å²) in [5.41, 5.74) is 4.76. The minimum absolute atomic E-state index is 0.435. The number of carbonyl (C=O) groups excluding carboxylic acids is 3. The molecule has 0 aromatic heterocycles. The fourth-order valence-corrected chi connectivity index (χ4v) is 1.58. The molecule has 0 radical (unpaired) electrons. The Morgan fingerprint density at radius 1 is 1.13 bits per heavy atom. The number of methoxy groups -OCH3 is 2. The topological polar surface area (TPSA) is 103 Å². The molecule has 2 N–H and O–H groups in total. The Hall–Kier alpha value is -3.03. The van der Waals surface area contributed by atoms with E-state index >= 15 is 0 Å². The fraction of sp³-hybridized carbons (Fsp3) is 0.267. The van der Waals surface area contributed by atoms with Gasteiger partial charge in [0.15, 0.2) is 18.1 Å². The van der Waals surface area contributed by atoms with E-state index in [1.807, 2.05) is 0 Å². The summed E-state index contributed by atoms with van der Waals surface area (Å²) in [6.07, 6.45) is 2.64. The van der Waals surface area contributed by atoms with Gasteiger partial charge in [0.05, 0.1) is 14.2 Å². The van der Waals surface area contributed by atoms with Crippen LogP contribution < -0.4 is 20.3 Å². The van der Waals surface area contributed by atoms with Gasteiger partial charge in [-0.05, 0) is 12.1 Å². The van der Waals surface area contributed by atoms with Crippen LogP contribution in [0.15, 0.2) is 24.3 Å². The average molecular weight is 322 g/mol. The quantitative estimate of drug-likeness (QED) is 0.447. The summed E-state index contributed by atoms with van der Waals surface area (Å²) in [5, 5.41) is 0. The van der Waals surface area contributed by atoms with Crippen LogP contribution in [0.3, 0.4) is 0 Å². The number of para-hydroxylation sites is 1. The zero-order valence-corrected chi connectivity index (χ0v) is 13.0. The number of nitrogens with one attached hydrogen (secondary N) is 2. The highest BCUT2D eigenvalue weighted by Crippen LogP contribution is 2.31. The van der Waals surface area contributed by atoms with Crippen LogP contribution in [0, 0.1) is 0 Å². The molecule has 23 heavy (non-hydrogen) atoms. The van der Waals surface area contributed by atoms with Gasteiger partial charge in [-0.15, -0.1) is 0 Å². The van der Waals surface area contributed by atoms with Crippen molar-refractivity contribution in [2.45, 2.75) is 6.92 Å². The lowest BCUT2D eigenvalue weighted by molar-refractivity contribution is -0.144. The maximum atomic E-state index is 11.6. The molecule has 1 aromatic carbocycles. The van der Waals surface area contributed by atoms with Crippen molar-refractivity contribution in [3.8, 4) is 11.5 Å². The van der Waals surface area contributed by atoms with Gasteiger partial charge in [0.2, 0.25) is 5.91 Å². The molecular formula is C15H18N2O6. The molecule has 8 heteroatoms. The SMILES string of the molecule is COc1cccc(/C=C/C(=O)OCC(=O)NNC(C)=O)c1OC. The van der Waals surface area contributed by atoms with Crippen molar-refractivity contribution >= 4 is 23.9 Å². The number of hydrogen-bond donors (Lipinski definition) is 2. The molecule has 0 saturated carbocycles. The van der Waals surface area contributed by atoms with E-state index in [1.165, 1.54) is 27.2 Å². The first-order chi connectivity index (χ1) is 11.0. The Morgan fingerprint density at radius 2 is 1.87 bits per heavy atom. The summed E-state index contributed by atoms with van der Waals surface area (Å²) >= 11 is 0. The predicted molar refractivity (Wildman–Crippen MR) is 81.5 cm³/mol. The molecule has 0 aliphatic rings. The highest BCUT2D eigenvalue weighted by Gasteiger charge is 2.08. The number of esters is 1. The summed E-state index contributed by atoms with van der Waals surface area (Å²) in [4.78, 5) is 33.4. The molecule has 0 fully saturated rings. The molecule has 0 aliphatic carbocycles. The molecular weight excluding hydrogens is 304 g/mol. The summed E-state index contributed by atoms with van der Waals surface area (Å²) < 4.78 is 15.1. The summed E-state index contributed by atoms with van der Waals surface area (Å²) in [6, 6.07) is 5.20. The maximum absolute atomic E-state index is 11.6. The molecule has 0 saturated heterocycles. The van der Waals surface area contributed by atoms with Crippen molar-refractivity contribution in [1.82, 2.24) is 10.9 Å². The van der Waals surface area contributed by atoms with E-state index in [9.17, 15) is 14.4 Å². The van der Waals surface area contributed by atoms with Gasteiger partial charge in [-0.1, -0.05) is 12.1 Å². The Labute approximate surface area is 133 Å². The summed E-state index contributed by atoms with van der Waals surface area (Å²) in [5.74, 6) is -0.802. The fourth-order valence-electron chi connectivity index (χ4n) is 1.58. The maximum Gasteiger partial charge on any atom is 0.331 e. The number of ether oxygens (including phenoxy) is 3. The molecule has 0 heterocycles. The van der Waals surface area contributed by atoms with Crippen LogP contribution in [0.2, 0.25) is 0 Å². The van der Waals surface area contributed by atoms with E-state index in [4.69, 9.17) is 14.2 Å². The van der Waals surface area contributed by atoms with Gasteiger partial charge in [-0.3, -0.25) is 20.4 Å². The second-order valence-corrected chi connectivity index (χ2v) is 4.25. The largest absolute Gasteiger partial charge is 0.493 e. The van der Waals surface area contributed by atoms with Crippen LogP contribution >= 0.6 is 0 Å². The minimum Gasteiger partial charge on any atom is -0.493 e. The van der Waals surface area contributed by atoms with Crippen LogP contribution in [-0.2, 0) is 19.1 Å². The number of carbonyl (C=O) groups is 3. The van der Waals surface area contributed by atoms with Crippen molar-refractivity contribution in [2.75, 3.05) is 20.8 Å². The first-order valence-corrected chi connectivity index (χ1v) is 6.59. The average Bonchev–Trinajstić information content (AvgIpc) is 2.55. The number of benzene rings is 1. The molecule has 0 bridgehead atoms. The van der Waals surface area contributed by atoms with E-state index in [0.29, 0.717) is 17.1 Å². The van der Waals surface area contributed by atoms with Crippen molar-refractivity contribution in [3.05, 3.63) is 29.8 Å². The van der Waals surface area contributed by atoms with Gasteiger partial charge >= 0.3 is 5.97 Å². The van der Waals surface area contributed by atoms with E-state index in [2.05, 4.69) is 10.9 Å². The lowest BCUT2D eigenvalue weighted by atomic mass is 10.1. The highest BCUT2D eigenvalue weighted by atomic mass is 16.5. The number of rotatable bonds is 6. The van der Waals surface area contributed by atoms with Gasteiger partial charge in [-0.2, -0.15) is 0 Å². The predicted octanol–water partition coefficient (Wildman–Crippen LogP) is 0.427. The van der Waals surface area contributed by atoms with E-state index in [-0.39, 0.29) is 0 Å². The van der Waals surface area contributed by atoms with Gasteiger partial charge in [-0.25, -0.2) is 4.79 Å². The Kier molecular flexibility index (Phi) is 7.12. The standard InChI is InChI=1S/C15H18N2O6/c1-10(18)16-17-13(19)9-23-14(20)8-7-11-5-4-6-12(21-2)15(11)22-3/h4-8H,9H2,1-3H3,(H,16,18)(H,17,19)/b8-7+. The first kappa shape index (κ1) is 18.0. The lowest BCUT2D eigenvalue weighted by Crippen LogP contribution is -2.42. The van der Waals surface area contributed by atoms with Gasteiger partial charge < -0.3 is 14.2 Å². The summed E-state index contributed by atoms with van der Waals surface area (Å²) in [7, 11) is 2.99. The zero-order valence-electron chi connectivity index (χ0n) is 13.0. The Morgan fingerprint density at radius 3 is 2.48 bits per heavy atom. The summed E-state index contributed by atoms with van der Waals surface area (Å²) in [6.45, 7) is 0.718. The zero-order chi connectivity index (χ0) is 17.2. The molecule has 2 amide bonds. The molecule has 0 aliphatic heterocycles. The molecule has 0 atom stereocenters. The first-order valence-electron chi connectivity index (χ1n) is 6.59. The third-order valence-corrected chi connectivity index (χ3v) is 2.56. The number of hydrogen-bond acceptors (Lipinski definition) is 6. The second-order valence-electron chi connectivity index (χ2n) is 4.25. The van der Waals surface area contributed by atoms with Gasteiger partial charge in [0.25, 0.3) is 5.91 Å². The monoisotopic (exact) mass is 322 g/mol. The normalized spacial score (nSPS) is 10.0. The molecule has 0 spiro atoms. The minimum atomic E-state index is -0.715. The van der Waals surface area contributed by atoms with Crippen LogP contribution in [0.25, 0.3) is 6.08 Å². The van der Waals surface area contributed by atoms with Crippen LogP contribution in [-0.4, -0.2) is 38.6 Å². The number of amides is 2. The number of hydrazine groups is 1. The second kappa shape index (κ2) is 9.08. The van der Waals surface area contributed by atoms with Crippen molar-refractivity contribution in [1.29, 1.82) is 0 Å². The van der Waals surface area contributed by atoms with E-state index in [1.54, 1.807) is 18.2 Å². The van der Waals surface area contributed by atoms with Crippen LogP contribution in [0.4, 0.5) is 0 Å². The molecule has 1 aromatic rings. The highest BCUT2D eigenvalue weighted by molar-refractivity contribution is 5.90. The van der Waals surface area contributed by atoms with Crippen molar-refractivity contribution in [2.24, 2.45) is 0 Å². The third kappa shape index (κ3) is 6.08. The van der Waals surface area contributed by atoms with Crippen molar-refractivity contribution in [3.63, 3.8) is 0 Å². The smallest absolute Gasteiger partial charge is 0.331 e. The van der Waals surface area contributed by atoms with Crippen LogP contribution in [0.5, 0.6) is 11.5 Å². The Balaban J connectivity index is 2.59. The van der Waals surface area contributed by atoms with E-state index in [0.717, 1.165) is 6.08 Å². The Bertz CT molecular complexity index is 612. The van der Waals surface area contributed by atoms with Crippen LogP contribution in [0.1, 0.15) is 12.5 Å².